The lowest BCUT2D eigenvalue weighted by Crippen LogP contribution is -2.56. The van der Waals surface area contributed by atoms with Crippen molar-refractivity contribution in [2.45, 2.75) is 32.4 Å². The van der Waals surface area contributed by atoms with Crippen LogP contribution in [0.2, 0.25) is 13.1 Å². The Morgan fingerprint density at radius 1 is 0.434 bits per heavy atom. The van der Waals surface area contributed by atoms with Crippen LogP contribution in [-0.2, 0) is 5.41 Å². The summed E-state index contributed by atoms with van der Waals surface area (Å²) in [6.07, 6.45) is 0. The normalized spacial score (nSPS) is 14.9. The summed E-state index contributed by atoms with van der Waals surface area (Å²) in [6, 6.07) is 52.4. The minimum atomic E-state index is -2.11. The number of para-hydroxylation sites is 7. The molecule has 0 spiro atoms. The van der Waals surface area contributed by atoms with Crippen LogP contribution in [0, 0.1) is 0 Å². The van der Waals surface area contributed by atoms with Crippen molar-refractivity contribution >= 4 is 35.5 Å². The van der Waals surface area contributed by atoms with Gasteiger partial charge in [0.2, 0.25) is 0 Å². The van der Waals surface area contributed by atoms with Gasteiger partial charge in [0, 0.05) is 27.8 Å². The summed E-state index contributed by atoms with van der Waals surface area (Å²) < 4.78 is 26.5. The zero-order valence-electron chi connectivity index (χ0n) is 30.0. The Balaban J connectivity index is 1.15. The molecule has 5 nitrogen and oxygen atoms in total. The van der Waals surface area contributed by atoms with Crippen molar-refractivity contribution in [3.63, 3.8) is 0 Å². The molecule has 0 amide bonds. The molecule has 0 unspecified atom stereocenters. The first-order valence-corrected chi connectivity index (χ1v) is 21.1. The molecule has 6 heteroatoms. The lowest BCUT2D eigenvalue weighted by Gasteiger charge is -2.39. The molecule has 3 heterocycles. The number of anilines is 3. The Morgan fingerprint density at radius 2 is 0.981 bits per heavy atom. The summed E-state index contributed by atoms with van der Waals surface area (Å²) in [5.41, 5.74) is 6.89. The number of ether oxygens (including phenoxy) is 4. The van der Waals surface area contributed by atoms with Crippen LogP contribution in [0.4, 0.5) is 17.1 Å². The summed E-state index contributed by atoms with van der Waals surface area (Å²) in [6.45, 7) is 9.38. The van der Waals surface area contributed by atoms with Crippen LogP contribution in [-0.4, -0.2) is 8.07 Å². The molecular weight excluding hydrogens is 671 g/mol. The van der Waals surface area contributed by atoms with Crippen molar-refractivity contribution in [2.75, 3.05) is 4.90 Å². The second kappa shape index (κ2) is 11.6. The van der Waals surface area contributed by atoms with Crippen molar-refractivity contribution in [3.05, 3.63) is 163 Å². The maximum atomic E-state index is 6.92. The van der Waals surface area contributed by atoms with Gasteiger partial charge in [-0.05, 0) is 70.5 Å². The van der Waals surface area contributed by atoms with Crippen molar-refractivity contribution in [2.24, 2.45) is 0 Å². The van der Waals surface area contributed by atoms with E-state index in [1.54, 1.807) is 0 Å². The number of nitrogens with zero attached hydrogens (tertiary/aromatic N) is 1. The highest BCUT2D eigenvalue weighted by Crippen LogP contribution is 2.55. The van der Waals surface area contributed by atoms with Gasteiger partial charge in [0.05, 0.1) is 11.4 Å². The Bertz CT molecular complexity index is 2480. The molecule has 0 saturated heterocycles. The number of fused-ring (bicyclic) bond motifs is 6. The van der Waals surface area contributed by atoms with Crippen LogP contribution >= 0.6 is 0 Å². The van der Waals surface area contributed by atoms with Gasteiger partial charge in [0.15, 0.2) is 34.5 Å². The standard InChI is InChI=1S/C47H37NO4Si/c1-47(2)33-15-5-6-19-37(33)50-45-34(47)16-12-17-35(45)48(36-18-13-25-43-46(36)52-40-22-9-10-24-42(40)53(43,3)4)31-28-26-30(27-29-31)32-14-11-23-41-44(32)51-39-21-8-7-20-38(39)49-41/h5-29H,1-4H3. The van der Waals surface area contributed by atoms with E-state index in [0.29, 0.717) is 23.0 Å². The van der Waals surface area contributed by atoms with Gasteiger partial charge < -0.3 is 23.8 Å². The van der Waals surface area contributed by atoms with E-state index in [9.17, 15) is 0 Å². The molecule has 7 aromatic rings. The Hall–Kier alpha value is -6.24. The quantitative estimate of drug-likeness (QED) is 0.170. The summed E-state index contributed by atoms with van der Waals surface area (Å²) in [5.74, 6) is 6.35. The molecule has 0 radical (unpaired) electrons. The van der Waals surface area contributed by atoms with E-state index in [2.05, 4.69) is 141 Å². The predicted octanol–water partition coefficient (Wildman–Crippen LogP) is 12.1. The van der Waals surface area contributed by atoms with Crippen molar-refractivity contribution in [3.8, 4) is 57.1 Å². The SMILES string of the molecule is CC1(C)c2ccccc2Oc2c(N(c3ccc(-c4cccc5c4Oc4ccccc4O5)cc3)c3cccc4c3Oc3ccccc3[Si]4(C)C)cccc21. The molecule has 10 rings (SSSR count). The lowest BCUT2D eigenvalue weighted by molar-refractivity contribution is 0.361. The minimum Gasteiger partial charge on any atom is -0.455 e. The van der Waals surface area contributed by atoms with E-state index in [0.717, 1.165) is 56.8 Å². The molecule has 258 valence electrons. The summed E-state index contributed by atoms with van der Waals surface area (Å²) in [4.78, 5) is 2.31. The Morgan fingerprint density at radius 3 is 1.77 bits per heavy atom. The first kappa shape index (κ1) is 31.5. The van der Waals surface area contributed by atoms with Crippen LogP contribution in [0.3, 0.4) is 0 Å². The highest BCUT2D eigenvalue weighted by atomic mass is 28.3. The van der Waals surface area contributed by atoms with E-state index in [4.69, 9.17) is 18.9 Å². The van der Waals surface area contributed by atoms with Gasteiger partial charge >= 0.3 is 0 Å². The van der Waals surface area contributed by atoms with Gasteiger partial charge in [0.25, 0.3) is 0 Å². The second-order valence-corrected chi connectivity index (χ2v) is 19.2. The summed E-state index contributed by atoms with van der Waals surface area (Å²) in [5, 5.41) is 2.57. The van der Waals surface area contributed by atoms with E-state index in [1.807, 2.05) is 42.5 Å². The molecule has 0 saturated carbocycles. The molecule has 3 aliphatic rings. The maximum absolute atomic E-state index is 6.92. The zero-order valence-corrected chi connectivity index (χ0v) is 31.0. The highest BCUT2D eigenvalue weighted by molar-refractivity contribution is 7.01. The van der Waals surface area contributed by atoms with Gasteiger partial charge in [-0.15, -0.1) is 0 Å². The van der Waals surface area contributed by atoms with E-state index in [1.165, 1.54) is 15.9 Å². The molecule has 0 bridgehead atoms. The average Bonchev–Trinajstić information content (AvgIpc) is 3.18. The molecule has 0 aliphatic carbocycles. The largest absolute Gasteiger partial charge is 0.455 e. The number of rotatable bonds is 4. The molecule has 53 heavy (non-hydrogen) atoms. The van der Waals surface area contributed by atoms with Crippen molar-refractivity contribution in [1.29, 1.82) is 0 Å². The van der Waals surface area contributed by atoms with Gasteiger partial charge in [-0.25, -0.2) is 0 Å². The van der Waals surface area contributed by atoms with Gasteiger partial charge in [-0.3, -0.25) is 0 Å². The monoisotopic (exact) mass is 707 g/mol. The summed E-state index contributed by atoms with van der Waals surface area (Å²) >= 11 is 0. The molecular formula is C47H37NO4Si. The fourth-order valence-electron chi connectivity index (χ4n) is 8.23. The van der Waals surface area contributed by atoms with Crippen LogP contribution in [0.1, 0.15) is 25.0 Å². The molecule has 0 atom stereocenters. The third-order valence-corrected chi connectivity index (χ3v) is 14.6. The van der Waals surface area contributed by atoms with Crippen LogP contribution < -0.4 is 34.2 Å². The fourth-order valence-corrected chi connectivity index (χ4v) is 11.0. The minimum absolute atomic E-state index is 0.275. The summed E-state index contributed by atoms with van der Waals surface area (Å²) in [7, 11) is -2.11. The van der Waals surface area contributed by atoms with Crippen molar-refractivity contribution in [1.82, 2.24) is 0 Å². The van der Waals surface area contributed by atoms with E-state index < -0.39 is 8.07 Å². The molecule has 3 aliphatic heterocycles. The number of benzene rings is 7. The van der Waals surface area contributed by atoms with Gasteiger partial charge in [-0.1, -0.05) is 124 Å². The van der Waals surface area contributed by atoms with Crippen LogP contribution in [0.25, 0.3) is 11.1 Å². The van der Waals surface area contributed by atoms with E-state index in [-0.39, 0.29) is 5.41 Å². The zero-order chi connectivity index (χ0) is 35.9. The highest BCUT2D eigenvalue weighted by Gasteiger charge is 2.40. The molecule has 7 aromatic carbocycles. The third kappa shape index (κ3) is 4.82. The second-order valence-electron chi connectivity index (χ2n) is 14.9. The molecule has 0 fully saturated rings. The maximum Gasteiger partial charge on any atom is 0.177 e. The predicted molar refractivity (Wildman–Crippen MR) is 215 cm³/mol. The fraction of sp³-hybridized carbons (Fsp3) is 0.106. The van der Waals surface area contributed by atoms with Crippen LogP contribution in [0.5, 0.6) is 46.0 Å². The first-order valence-electron chi connectivity index (χ1n) is 18.1. The van der Waals surface area contributed by atoms with E-state index >= 15 is 0 Å². The smallest absolute Gasteiger partial charge is 0.177 e. The topological polar surface area (TPSA) is 40.2 Å². The molecule has 0 aromatic heterocycles. The van der Waals surface area contributed by atoms with Gasteiger partial charge in [0.1, 0.15) is 19.6 Å². The first-order chi connectivity index (χ1) is 25.8. The molecule has 0 N–H and O–H groups in total. The van der Waals surface area contributed by atoms with Gasteiger partial charge in [-0.2, -0.15) is 0 Å². The Labute approximate surface area is 310 Å². The van der Waals surface area contributed by atoms with Crippen molar-refractivity contribution < 1.29 is 18.9 Å². The lowest BCUT2D eigenvalue weighted by atomic mass is 9.75. The average molecular weight is 708 g/mol. The number of hydrogen-bond donors (Lipinski definition) is 0. The van der Waals surface area contributed by atoms with Crippen LogP contribution in [0.15, 0.2) is 152 Å². The Kier molecular flexibility index (Phi) is 6.91. The third-order valence-electron chi connectivity index (χ3n) is 11.1. The number of hydrogen-bond acceptors (Lipinski definition) is 5.